The van der Waals surface area contributed by atoms with E-state index in [0.29, 0.717) is 23.4 Å². The molecule has 0 unspecified atom stereocenters. The van der Waals surface area contributed by atoms with Crippen LogP contribution in [0.4, 0.5) is 0 Å². The standard InChI is InChI=1S/C16H28N2O2S/c1-5-14(6-2)12-18-21(19,20)16-9-7-15(8-10-16)11-17-13(3)4/h7-10,13-14,17-18H,5-6,11-12H2,1-4H3. The normalized spacial score (nSPS) is 12.3. The molecule has 0 saturated carbocycles. The Bertz CT molecular complexity index is 506. The zero-order valence-corrected chi connectivity index (χ0v) is 14.3. The fourth-order valence-corrected chi connectivity index (χ4v) is 3.11. The van der Waals surface area contributed by atoms with Gasteiger partial charge in [-0.05, 0) is 23.6 Å². The molecule has 1 aromatic rings. The van der Waals surface area contributed by atoms with E-state index in [2.05, 4.69) is 37.7 Å². The Balaban J connectivity index is 2.66. The van der Waals surface area contributed by atoms with E-state index in [0.717, 1.165) is 24.9 Å². The van der Waals surface area contributed by atoms with Gasteiger partial charge < -0.3 is 5.32 Å². The lowest BCUT2D eigenvalue weighted by Crippen LogP contribution is -2.29. The summed E-state index contributed by atoms with van der Waals surface area (Å²) in [4.78, 5) is 0.335. The van der Waals surface area contributed by atoms with Crippen LogP contribution in [0, 0.1) is 5.92 Å². The number of hydrogen-bond acceptors (Lipinski definition) is 3. The van der Waals surface area contributed by atoms with Gasteiger partial charge in [-0.1, -0.05) is 52.7 Å². The highest BCUT2D eigenvalue weighted by Crippen LogP contribution is 2.12. The van der Waals surface area contributed by atoms with Crippen LogP contribution in [0.1, 0.15) is 46.1 Å². The minimum absolute atomic E-state index is 0.335. The summed E-state index contributed by atoms with van der Waals surface area (Å²) in [6, 6.07) is 7.48. The third kappa shape index (κ3) is 6.16. The number of benzene rings is 1. The van der Waals surface area contributed by atoms with E-state index in [-0.39, 0.29) is 0 Å². The van der Waals surface area contributed by atoms with E-state index in [4.69, 9.17) is 0 Å². The first-order chi connectivity index (χ1) is 9.89. The second kappa shape index (κ2) is 8.51. The van der Waals surface area contributed by atoms with Crippen LogP contribution in [-0.4, -0.2) is 21.0 Å². The van der Waals surface area contributed by atoms with Crippen molar-refractivity contribution in [2.45, 2.75) is 58.0 Å². The van der Waals surface area contributed by atoms with Gasteiger partial charge in [0.25, 0.3) is 0 Å². The average molecular weight is 312 g/mol. The average Bonchev–Trinajstić information content (AvgIpc) is 2.46. The van der Waals surface area contributed by atoms with Crippen molar-refractivity contribution in [2.75, 3.05) is 6.54 Å². The Hall–Kier alpha value is -0.910. The molecule has 1 rings (SSSR count). The Kier molecular flexibility index (Phi) is 7.35. The number of nitrogens with one attached hydrogen (secondary N) is 2. The minimum atomic E-state index is -3.39. The largest absolute Gasteiger partial charge is 0.310 e. The van der Waals surface area contributed by atoms with Crippen LogP contribution in [0.25, 0.3) is 0 Å². The predicted molar refractivity (Wildman–Crippen MR) is 87.7 cm³/mol. The SMILES string of the molecule is CCC(CC)CNS(=O)(=O)c1ccc(CNC(C)C)cc1. The molecule has 0 atom stereocenters. The first-order valence-corrected chi connectivity index (χ1v) is 9.19. The van der Waals surface area contributed by atoms with Gasteiger partial charge in [0.15, 0.2) is 0 Å². The van der Waals surface area contributed by atoms with Crippen molar-refractivity contribution in [3.63, 3.8) is 0 Å². The van der Waals surface area contributed by atoms with E-state index >= 15 is 0 Å². The fourth-order valence-electron chi connectivity index (χ4n) is 2.00. The zero-order chi connectivity index (χ0) is 15.9. The van der Waals surface area contributed by atoms with Crippen LogP contribution in [0.3, 0.4) is 0 Å². The van der Waals surface area contributed by atoms with Crippen LogP contribution in [-0.2, 0) is 16.6 Å². The van der Waals surface area contributed by atoms with Crippen LogP contribution in [0.2, 0.25) is 0 Å². The molecule has 0 spiro atoms. The summed E-state index contributed by atoms with van der Waals surface area (Å²) in [7, 11) is -3.39. The summed E-state index contributed by atoms with van der Waals surface area (Å²) in [5.74, 6) is 0.397. The summed E-state index contributed by atoms with van der Waals surface area (Å²) in [6.07, 6.45) is 1.97. The molecule has 0 saturated heterocycles. The van der Waals surface area contributed by atoms with Crippen LogP contribution >= 0.6 is 0 Å². The van der Waals surface area contributed by atoms with Crippen LogP contribution in [0.15, 0.2) is 29.2 Å². The highest BCUT2D eigenvalue weighted by molar-refractivity contribution is 7.89. The minimum Gasteiger partial charge on any atom is -0.310 e. The predicted octanol–water partition coefficient (Wildman–Crippen LogP) is 2.90. The number of hydrogen-bond donors (Lipinski definition) is 2. The van der Waals surface area contributed by atoms with Gasteiger partial charge in [0, 0.05) is 19.1 Å². The lowest BCUT2D eigenvalue weighted by Gasteiger charge is -2.14. The lowest BCUT2D eigenvalue weighted by atomic mass is 10.0. The molecule has 0 aliphatic rings. The van der Waals surface area contributed by atoms with Crippen molar-refractivity contribution in [1.82, 2.24) is 10.0 Å². The van der Waals surface area contributed by atoms with Crippen LogP contribution < -0.4 is 10.0 Å². The first-order valence-electron chi connectivity index (χ1n) is 7.71. The van der Waals surface area contributed by atoms with Gasteiger partial charge in [-0.3, -0.25) is 0 Å². The molecular formula is C16H28N2O2S. The Labute approximate surface area is 129 Å². The summed E-state index contributed by atoms with van der Waals surface area (Å²) in [5.41, 5.74) is 1.09. The molecule has 4 nitrogen and oxygen atoms in total. The molecule has 0 radical (unpaired) electrons. The topological polar surface area (TPSA) is 58.2 Å². The second-order valence-corrected chi connectivity index (χ2v) is 7.48. The van der Waals surface area contributed by atoms with E-state index in [1.165, 1.54) is 0 Å². The quantitative estimate of drug-likeness (QED) is 0.737. The van der Waals surface area contributed by atoms with Crippen molar-refractivity contribution in [2.24, 2.45) is 5.92 Å². The molecule has 1 aromatic carbocycles. The first kappa shape index (κ1) is 18.1. The maximum Gasteiger partial charge on any atom is 0.240 e. The van der Waals surface area contributed by atoms with Crippen molar-refractivity contribution in [3.8, 4) is 0 Å². The Morgan fingerprint density at radius 2 is 1.62 bits per heavy atom. The molecule has 0 heterocycles. The maximum atomic E-state index is 12.2. The van der Waals surface area contributed by atoms with Gasteiger partial charge in [-0.2, -0.15) is 0 Å². The van der Waals surface area contributed by atoms with Gasteiger partial charge in [0.2, 0.25) is 10.0 Å². The van der Waals surface area contributed by atoms with Crippen molar-refractivity contribution >= 4 is 10.0 Å². The highest BCUT2D eigenvalue weighted by Gasteiger charge is 2.15. The van der Waals surface area contributed by atoms with Gasteiger partial charge >= 0.3 is 0 Å². The summed E-state index contributed by atoms with van der Waals surface area (Å²) in [5, 5.41) is 3.31. The zero-order valence-electron chi connectivity index (χ0n) is 13.5. The summed E-state index contributed by atoms with van der Waals surface area (Å²) < 4.78 is 27.1. The molecule has 5 heteroatoms. The third-order valence-electron chi connectivity index (χ3n) is 3.66. The molecule has 0 amide bonds. The maximum absolute atomic E-state index is 12.2. The number of rotatable bonds is 9. The summed E-state index contributed by atoms with van der Waals surface area (Å²) in [6.45, 7) is 9.59. The van der Waals surface area contributed by atoms with E-state index in [9.17, 15) is 8.42 Å². The fraction of sp³-hybridized carbons (Fsp3) is 0.625. The van der Waals surface area contributed by atoms with E-state index in [1.54, 1.807) is 12.1 Å². The van der Waals surface area contributed by atoms with Crippen molar-refractivity contribution in [3.05, 3.63) is 29.8 Å². The molecule has 0 aromatic heterocycles. The Morgan fingerprint density at radius 3 is 2.10 bits per heavy atom. The van der Waals surface area contributed by atoms with Gasteiger partial charge in [-0.25, -0.2) is 13.1 Å². The molecule has 0 bridgehead atoms. The van der Waals surface area contributed by atoms with Gasteiger partial charge in [-0.15, -0.1) is 0 Å². The summed E-state index contributed by atoms with van der Waals surface area (Å²) >= 11 is 0. The van der Waals surface area contributed by atoms with E-state index < -0.39 is 10.0 Å². The monoisotopic (exact) mass is 312 g/mol. The molecule has 2 N–H and O–H groups in total. The second-order valence-electron chi connectivity index (χ2n) is 5.71. The Morgan fingerprint density at radius 1 is 1.05 bits per heavy atom. The number of sulfonamides is 1. The molecular weight excluding hydrogens is 284 g/mol. The van der Waals surface area contributed by atoms with Crippen LogP contribution in [0.5, 0.6) is 0 Å². The lowest BCUT2D eigenvalue weighted by molar-refractivity contribution is 0.479. The van der Waals surface area contributed by atoms with Crippen molar-refractivity contribution < 1.29 is 8.42 Å². The van der Waals surface area contributed by atoms with Crippen molar-refractivity contribution in [1.29, 1.82) is 0 Å². The molecule has 0 aliphatic heterocycles. The van der Waals surface area contributed by atoms with E-state index in [1.807, 2.05) is 12.1 Å². The molecule has 120 valence electrons. The molecule has 0 aliphatic carbocycles. The third-order valence-corrected chi connectivity index (χ3v) is 5.10. The van der Waals surface area contributed by atoms with Gasteiger partial charge in [0.05, 0.1) is 4.90 Å². The highest BCUT2D eigenvalue weighted by atomic mass is 32.2. The molecule has 0 fully saturated rings. The smallest absolute Gasteiger partial charge is 0.240 e. The van der Waals surface area contributed by atoms with Gasteiger partial charge in [0.1, 0.15) is 0 Å². The molecule has 21 heavy (non-hydrogen) atoms.